The smallest absolute Gasteiger partial charge is 0.105 e. The fourth-order valence-electron chi connectivity index (χ4n) is 1.26. The lowest BCUT2D eigenvalue weighted by atomic mass is 10.1. The Labute approximate surface area is 81.3 Å². The summed E-state index contributed by atoms with van der Waals surface area (Å²) in [5.41, 5.74) is 1.91. The van der Waals surface area contributed by atoms with Crippen LogP contribution in [0, 0.1) is 0 Å². The summed E-state index contributed by atoms with van der Waals surface area (Å²) in [4.78, 5) is 0. The zero-order valence-corrected chi connectivity index (χ0v) is 7.87. The number of hydrogen-bond acceptors (Lipinski definition) is 2. The molecule has 1 heterocycles. The lowest BCUT2D eigenvalue weighted by Crippen LogP contribution is -1.96. The number of hydrogen-bond donors (Lipinski definition) is 1. The number of aliphatic hydroxyl groups is 1. The molecule has 0 spiro atoms. The van der Waals surface area contributed by atoms with Crippen molar-refractivity contribution in [2.75, 3.05) is 0 Å². The highest BCUT2D eigenvalue weighted by Gasteiger charge is 2.08. The summed E-state index contributed by atoms with van der Waals surface area (Å²) in [6.45, 7) is 0. The van der Waals surface area contributed by atoms with Crippen LogP contribution < -0.4 is 0 Å². The number of aliphatic hydroxyl groups excluding tert-OH is 1. The molecule has 0 bridgehead atoms. The molecule has 13 heavy (non-hydrogen) atoms. The Kier molecular flexibility index (Phi) is 2.43. The normalized spacial score (nSPS) is 12.7. The molecule has 1 nitrogen and oxygen atoms in total. The van der Waals surface area contributed by atoms with Gasteiger partial charge in [-0.1, -0.05) is 30.3 Å². The van der Waals surface area contributed by atoms with Gasteiger partial charge in [-0.2, -0.15) is 11.3 Å². The van der Waals surface area contributed by atoms with E-state index in [0.717, 1.165) is 11.1 Å². The van der Waals surface area contributed by atoms with E-state index in [1.807, 2.05) is 47.2 Å². The minimum absolute atomic E-state index is 0.479. The van der Waals surface area contributed by atoms with Crippen molar-refractivity contribution in [3.05, 3.63) is 58.3 Å². The first-order valence-electron chi connectivity index (χ1n) is 4.13. The summed E-state index contributed by atoms with van der Waals surface area (Å²) < 4.78 is 0. The van der Waals surface area contributed by atoms with E-state index in [1.165, 1.54) is 0 Å². The van der Waals surface area contributed by atoms with Gasteiger partial charge in [-0.3, -0.25) is 0 Å². The van der Waals surface area contributed by atoms with E-state index in [1.54, 1.807) is 11.3 Å². The molecule has 66 valence electrons. The Morgan fingerprint density at radius 2 is 1.77 bits per heavy atom. The Hall–Kier alpha value is -1.12. The van der Waals surface area contributed by atoms with E-state index in [-0.39, 0.29) is 0 Å². The molecule has 0 radical (unpaired) electrons. The van der Waals surface area contributed by atoms with Crippen LogP contribution in [-0.2, 0) is 0 Å². The third kappa shape index (κ3) is 1.79. The lowest BCUT2D eigenvalue weighted by Gasteiger charge is -2.07. The van der Waals surface area contributed by atoms with Crippen LogP contribution >= 0.6 is 11.3 Å². The molecule has 1 atom stereocenters. The van der Waals surface area contributed by atoms with E-state index in [2.05, 4.69) is 0 Å². The first-order valence-corrected chi connectivity index (χ1v) is 5.07. The summed E-state index contributed by atoms with van der Waals surface area (Å²) in [5, 5.41) is 13.8. The highest BCUT2D eigenvalue weighted by molar-refractivity contribution is 7.07. The highest BCUT2D eigenvalue weighted by Crippen LogP contribution is 2.22. The molecule has 0 saturated heterocycles. The SMILES string of the molecule is O[C@H](c1ccccc1)c1ccsc1. The van der Waals surface area contributed by atoms with E-state index in [4.69, 9.17) is 0 Å². The zero-order chi connectivity index (χ0) is 9.10. The topological polar surface area (TPSA) is 20.2 Å². The predicted molar refractivity (Wildman–Crippen MR) is 54.8 cm³/mol. The highest BCUT2D eigenvalue weighted by atomic mass is 32.1. The van der Waals surface area contributed by atoms with Crippen LogP contribution in [0.4, 0.5) is 0 Å². The molecule has 1 N–H and O–H groups in total. The Morgan fingerprint density at radius 1 is 1.00 bits per heavy atom. The summed E-state index contributed by atoms with van der Waals surface area (Å²) in [6.07, 6.45) is -0.479. The second-order valence-corrected chi connectivity index (χ2v) is 3.65. The molecule has 0 amide bonds. The van der Waals surface area contributed by atoms with Crippen molar-refractivity contribution < 1.29 is 5.11 Å². The first-order chi connectivity index (χ1) is 6.38. The van der Waals surface area contributed by atoms with Gasteiger partial charge in [0.1, 0.15) is 6.10 Å². The van der Waals surface area contributed by atoms with Crippen LogP contribution in [-0.4, -0.2) is 5.11 Å². The molecule has 2 rings (SSSR count). The number of benzene rings is 1. The maximum atomic E-state index is 9.89. The molecule has 0 aliphatic rings. The second kappa shape index (κ2) is 3.73. The van der Waals surface area contributed by atoms with Crippen LogP contribution in [0.1, 0.15) is 17.2 Å². The molecule has 0 unspecified atom stereocenters. The van der Waals surface area contributed by atoms with Gasteiger partial charge in [-0.15, -0.1) is 0 Å². The Morgan fingerprint density at radius 3 is 2.38 bits per heavy atom. The third-order valence-electron chi connectivity index (χ3n) is 1.97. The van der Waals surface area contributed by atoms with Gasteiger partial charge in [0.25, 0.3) is 0 Å². The zero-order valence-electron chi connectivity index (χ0n) is 7.05. The molecule has 0 fully saturated rings. The summed E-state index contributed by atoms with van der Waals surface area (Å²) in [7, 11) is 0. The lowest BCUT2D eigenvalue weighted by molar-refractivity contribution is 0.221. The van der Waals surface area contributed by atoms with Crippen LogP contribution in [0.2, 0.25) is 0 Å². The van der Waals surface area contributed by atoms with Gasteiger partial charge >= 0.3 is 0 Å². The van der Waals surface area contributed by atoms with Gasteiger partial charge in [-0.25, -0.2) is 0 Å². The molecular weight excluding hydrogens is 180 g/mol. The molecule has 1 aromatic carbocycles. The van der Waals surface area contributed by atoms with E-state index >= 15 is 0 Å². The van der Waals surface area contributed by atoms with E-state index in [9.17, 15) is 5.11 Å². The molecule has 2 heteroatoms. The fourth-order valence-corrected chi connectivity index (χ4v) is 1.94. The summed E-state index contributed by atoms with van der Waals surface area (Å²) in [6, 6.07) is 11.6. The third-order valence-corrected chi connectivity index (χ3v) is 2.68. The largest absolute Gasteiger partial charge is 0.384 e. The average molecular weight is 190 g/mol. The Bertz CT molecular complexity index is 353. The quantitative estimate of drug-likeness (QED) is 0.772. The van der Waals surface area contributed by atoms with E-state index in [0.29, 0.717) is 0 Å². The molecule has 0 aliphatic carbocycles. The van der Waals surface area contributed by atoms with Crippen molar-refractivity contribution in [3.63, 3.8) is 0 Å². The van der Waals surface area contributed by atoms with Crippen LogP contribution in [0.5, 0.6) is 0 Å². The maximum Gasteiger partial charge on any atom is 0.105 e. The number of thiophene rings is 1. The van der Waals surface area contributed by atoms with Crippen LogP contribution in [0.3, 0.4) is 0 Å². The Balaban J connectivity index is 2.29. The van der Waals surface area contributed by atoms with Gasteiger partial charge in [-0.05, 0) is 28.0 Å². The molecule has 0 saturated carbocycles. The predicted octanol–water partition coefficient (Wildman–Crippen LogP) is 2.83. The van der Waals surface area contributed by atoms with Gasteiger partial charge in [0.2, 0.25) is 0 Å². The van der Waals surface area contributed by atoms with Gasteiger partial charge in [0.05, 0.1) is 0 Å². The van der Waals surface area contributed by atoms with Crippen LogP contribution in [0.15, 0.2) is 47.2 Å². The first kappa shape index (κ1) is 8.48. The van der Waals surface area contributed by atoms with Crippen molar-refractivity contribution in [3.8, 4) is 0 Å². The monoisotopic (exact) mass is 190 g/mol. The van der Waals surface area contributed by atoms with Gasteiger partial charge in [0, 0.05) is 0 Å². The van der Waals surface area contributed by atoms with Crippen molar-refractivity contribution in [1.82, 2.24) is 0 Å². The average Bonchev–Trinajstić information content (AvgIpc) is 2.71. The second-order valence-electron chi connectivity index (χ2n) is 2.87. The summed E-state index contributed by atoms with van der Waals surface area (Å²) >= 11 is 1.60. The van der Waals surface area contributed by atoms with Crippen molar-refractivity contribution >= 4 is 11.3 Å². The molecule has 1 aromatic heterocycles. The van der Waals surface area contributed by atoms with Crippen molar-refractivity contribution in [2.45, 2.75) is 6.10 Å². The minimum atomic E-state index is -0.479. The maximum absolute atomic E-state index is 9.89. The molecule has 2 aromatic rings. The van der Waals surface area contributed by atoms with Crippen molar-refractivity contribution in [2.24, 2.45) is 0 Å². The molecule has 0 aliphatic heterocycles. The van der Waals surface area contributed by atoms with E-state index < -0.39 is 6.10 Å². The fraction of sp³-hybridized carbons (Fsp3) is 0.0909. The van der Waals surface area contributed by atoms with Gasteiger partial charge < -0.3 is 5.11 Å². The van der Waals surface area contributed by atoms with Crippen LogP contribution in [0.25, 0.3) is 0 Å². The van der Waals surface area contributed by atoms with Gasteiger partial charge in [0.15, 0.2) is 0 Å². The number of rotatable bonds is 2. The summed E-state index contributed by atoms with van der Waals surface area (Å²) in [5.74, 6) is 0. The standard InChI is InChI=1S/C11H10OS/c12-11(10-6-7-13-8-10)9-4-2-1-3-5-9/h1-8,11-12H/t11-/m1/s1. The van der Waals surface area contributed by atoms with Crippen molar-refractivity contribution in [1.29, 1.82) is 0 Å². The molecular formula is C11H10OS. The minimum Gasteiger partial charge on any atom is -0.384 e.